The van der Waals surface area contributed by atoms with E-state index < -0.39 is 0 Å². The second-order valence-electron chi connectivity index (χ2n) is 5.46. The molecule has 1 fully saturated rings. The fourth-order valence-electron chi connectivity index (χ4n) is 2.64. The molecule has 110 valence electrons. The van der Waals surface area contributed by atoms with Gasteiger partial charge in [0.2, 0.25) is 5.91 Å². The van der Waals surface area contributed by atoms with Crippen LogP contribution < -0.4 is 15.4 Å². The maximum atomic E-state index is 12.1. The summed E-state index contributed by atoms with van der Waals surface area (Å²) < 4.78 is 5.21. The van der Waals surface area contributed by atoms with Crippen molar-refractivity contribution in [2.45, 2.75) is 32.2 Å². The molecular weight excluding hydrogens is 252 g/mol. The summed E-state index contributed by atoms with van der Waals surface area (Å²) in [5, 5.41) is 6.40. The molecule has 1 aromatic rings. The Morgan fingerprint density at radius 1 is 1.45 bits per heavy atom. The van der Waals surface area contributed by atoms with Crippen LogP contribution in [0.2, 0.25) is 0 Å². The molecule has 0 aromatic heterocycles. The molecule has 1 unspecified atom stereocenters. The second kappa shape index (κ2) is 7.29. The Balaban J connectivity index is 1.86. The summed E-state index contributed by atoms with van der Waals surface area (Å²) in [6.45, 7) is 4.07. The van der Waals surface area contributed by atoms with Gasteiger partial charge in [0, 0.05) is 6.42 Å². The summed E-state index contributed by atoms with van der Waals surface area (Å²) in [7, 11) is 1.65. The Labute approximate surface area is 120 Å². The van der Waals surface area contributed by atoms with Gasteiger partial charge >= 0.3 is 0 Å². The Morgan fingerprint density at radius 2 is 2.20 bits per heavy atom. The van der Waals surface area contributed by atoms with Gasteiger partial charge in [-0.25, -0.2) is 0 Å². The van der Waals surface area contributed by atoms with E-state index in [1.165, 1.54) is 0 Å². The van der Waals surface area contributed by atoms with Crippen molar-refractivity contribution in [3.05, 3.63) is 29.8 Å². The fraction of sp³-hybridized carbons (Fsp3) is 0.562. The highest BCUT2D eigenvalue weighted by molar-refractivity contribution is 5.76. The predicted molar refractivity (Wildman–Crippen MR) is 79.8 cm³/mol. The molecule has 1 aliphatic heterocycles. The monoisotopic (exact) mass is 276 g/mol. The summed E-state index contributed by atoms with van der Waals surface area (Å²) in [5.41, 5.74) is 1.07. The smallest absolute Gasteiger partial charge is 0.220 e. The van der Waals surface area contributed by atoms with Crippen molar-refractivity contribution in [2.24, 2.45) is 5.92 Å². The molecular formula is C16H24N2O2. The van der Waals surface area contributed by atoms with Crippen molar-refractivity contribution in [2.75, 3.05) is 20.2 Å². The highest BCUT2D eigenvalue weighted by Gasteiger charge is 2.18. The summed E-state index contributed by atoms with van der Waals surface area (Å²) in [4.78, 5) is 12.1. The van der Waals surface area contributed by atoms with Gasteiger partial charge < -0.3 is 15.4 Å². The maximum Gasteiger partial charge on any atom is 0.220 e. The molecule has 1 aromatic carbocycles. The highest BCUT2D eigenvalue weighted by Crippen LogP contribution is 2.20. The van der Waals surface area contributed by atoms with Gasteiger partial charge in [-0.15, -0.1) is 0 Å². The number of rotatable bonds is 5. The summed E-state index contributed by atoms with van der Waals surface area (Å²) in [6, 6.07) is 7.85. The summed E-state index contributed by atoms with van der Waals surface area (Å²) >= 11 is 0. The number of amides is 1. The normalized spacial score (nSPS) is 17.5. The topological polar surface area (TPSA) is 50.4 Å². The van der Waals surface area contributed by atoms with Crippen LogP contribution in [0.5, 0.6) is 5.75 Å². The molecule has 0 radical (unpaired) electrons. The average molecular weight is 276 g/mol. The number of carbonyl (C=O) groups excluding carboxylic acids is 1. The zero-order valence-electron chi connectivity index (χ0n) is 12.3. The van der Waals surface area contributed by atoms with Gasteiger partial charge in [0.25, 0.3) is 0 Å². The van der Waals surface area contributed by atoms with Crippen LogP contribution in [0.4, 0.5) is 0 Å². The summed E-state index contributed by atoms with van der Waals surface area (Å²) in [5.74, 6) is 1.49. The Bertz CT molecular complexity index is 442. The van der Waals surface area contributed by atoms with Crippen LogP contribution in [0.1, 0.15) is 37.8 Å². The quantitative estimate of drug-likeness (QED) is 0.867. The SMILES string of the molecule is COc1cccc(C(C)NC(=O)CC2CCNCC2)c1. The molecule has 1 saturated heterocycles. The second-order valence-corrected chi connectivity index (χ2v) is 5.46. The maximum absolute atomic E-state index is 12.1. The fourth-order valence-corrected chi connectivity index (χ4v) is 2.64. The van der Waals surface area contributed by atoms with Crippen LogP contribution in [-0.4, -0.2) is 26.1 Å². The molecule has 1 aliphatic rings. The minimum atomic E-state index is 0.0133. The molecule has 20 heavy (non-hydrogen) atoms. The van der Waals surface area contributed by atoms with Crippen LogP contribution in [-0.2, 0) is 4.79 Å². The largest absolute Gasteiger partial charge is 0.497 e. The van der Waals surface area contributed by atoms with Gasteiger partial charge in [0.15, 0.2) is 0 Å². The highest BCUT2D eigenvalue weighted by atomic mass is 16.5. The van der Waals surface area contributed by atoms with E-state index in [-0.39, 0.29) is 11.9 Å². The van der Waals surface area contributed by atoms with Crippen LogP contribution >= 0.6 is 0 Å². The van der Waals surface area contributed by atoms with Gasteiger partial charge in [-0.05, 0) is 56.5 Å². The van der Waals surface area contributed by atoms with Crippen LogP contribution in [0.3, 0.4) is 0 Å². The number of nitrogens with one attached hydrogen (secondary N) is 2. The van der Waals surface area contributed by atoms with Crippen molar-refractivity contribution in [3.63, 3.8) is 0 Å². The standard InChI is InChI=1S/C16H24N2O2/c1-12(14-4-3-5-15(11-14)20-2)18-16(19)10-13-6-8-17-9-7-13/h3-5,11-13,17H,6-10H2,1-2H3,(H,18,19). The van der Waals surface area contributed by atoms with E-state index in [0.29, 0.717) is 12.3 Å². The van der Waals surface area contributed by atoms with Crippen molar-refractivity contribution in [1.29, 1.82) is 0 Å². The Morgan fingerprint density at radius 3 is 2.90 bits per heavy atom. The third-order valence-corrected chi connectivity index (χ3v) is 3.90. The van der Waals surface area contributed by atoms with Gasteiger partial charge in [0.05, 0.1) is 13.2 Å². The molecule has 4 nitrogen and oxygen atoms in total. The zero-order chi connectivity index (χ0) is 14.4. The first-order valence-corrected chi connectivity index (χ1v) is 7.33. The molecule has 1 heterocycles. The Hall–Kier alpha value is -1.55. The van der Waals surface area contributed by atoms with E-state index in [1.807, 2.05) is 31.2 Å². The number of ether oxygens (including phenoxy) is 1. The van der Waals surface area contributed by atoms with E-state index in [2.05, 4.69) is 10.6 Å². The lowest BCUT2D eigenvalue weighted by atomic mass is 9.94. The first kappa shape index (κ1) is 14.9. The van der Waals surface area contributed by atoms with Gasteiger partial charge in [-0.3, -0.25) is 4.79 Å². The molecule has 0 aliphatic carbocycles. The third-order valence-electron chi connectivity index (χ3n) is 3.90. The lowest BCUT2D eigenvalue weighted by Gasteiger charge is -2.23. The van der Waals surface area contributed by atoms with E-state index in [1.54, 1.807) is 7.11 Å². The Kier molecular flexibility index (Phi) is 5.41. The van der Waals surface area contributed by atoms with Crippen molar-refractivity contribution in [1.82, 2.24) is 10.6 Å². The zero-order valence-corrected chi connectivity index (χ0v) is 12.3. The van der Waals surface area contributed by atoms with E-state index in [9.17, 15) is 4.79 Å². The lowest BCUT2D eigenvalue weighted by Crippen LogP contribution is -2.33. The number of benzene rings is 1. The molecule has 0 spiro atoms. The number of piperidine rings is 1. The minimum absolute atomic E-state index is 0.0133. The van der Waals surface area contributed by atoms with Crippen molar-refractivity contribution in [3.8, 4) is 5.75 Å². The predicted octanol–water partition coefficient (Wildman–Crippen LogP) is 2.26. The van der Waals surface area contributed by atoms with Gasteiger partial charge in [-0.2, -0.15) is 0 Å². The first-order chi connectivity index (χ1) is 9.69. The molecule has 0 bridgehead atoms. The molecule has 1 amide bonds. The molecule has 0 saturated carbocycles. The third kappa shape index (κ3) is 4.23. The van der Waals surface area contributed by atoms with Gasteiger partial charge in [-0.1, -0.05) is 12.1 Å². The lowest BCUT2D eigenvalue weighted by molar-refractivity contribution is -0.122. The number of hydrogen-bond acceptors (Lipinski definition) is 3. The molecule has 2 N–H and O–H groups in total. The number of methoxy groups -OCH3 is 1. The van der Waals surface area contributed by atoms with Crippen LogP contribution in [0.25, 0.3) is 0 Å². The van der Waals surface area contributed by atoms with E-state index >= 15 is 0 Å². The van der Waals surface area contributed by atoms with Gasteiger partial charge in [0.1, 0.15) is 5.75 Å². The van der Waals surface area contributed by atoms with Crippen LogP contribution in [0, 0.1) is 5.92 Å². The molecule has 4 heteroatoms. The van der Waals surface area contributed by atoms with E-state index in [4.69, 9.17) is 4.74 Å². The van der Waals surface area contributed by atoms with E-state index in [0.717, 1.165) is 37.2 Å². The molecule has 1 atom stereocenters. The first-order valence-electron chi connectivity index (χ1n) is 7.33. The number of hydrogen-bond donors (Lipinski definition) is 2. The minimum Gasteiger partial charge on any atom is -0.497 e. The van der Waals surface area contributed by atoms with Crippen molar-refractivity contribution < 1.29 is 9.53 Å². The molecule has 2 rings (SSSR count). The summed E-state index contributed by atoms with van der Waals surface area (Å²) in [6.07, 6.45) is 2.83. The van der Waals surface area contributed by atoms with Crippen LogP contribution in [0.15, 0.2) is 24.3 Å². The average Bonchev–Trinajstić information content (AvgIpc) is 2.48. The van der Waals surface area contributed by atoms with Crippen molar-refractivity contribution >= 4 is 5.91 Å². The number of carbonyl (C=O) groups is 1.